The van der Waals surface area contributed by atoms with Crippen molar-refractivity contribution < 1.29 is 13.9 Å². The lowest BCUT2D eigenvalue weighted by Crippen LogP contribution is -2.46. The fraction of sp³-hybridized carbons (Fsp3) is 0.294. The van der Waals surface area contributed by atoms with Crippen LogP contribution in [0.2, 0.25) is 0 Å². The summed E-state index contributed by atoms with van der Waals surface area (Å²) >= 11 is 0. The number of aromatic nitrogens is 1. The van der Waals surface area contributed by atoms with Crippen LogP contribution in [-0.2, 0) is 0 Å². The van der Waals surface area contributed by atoms with Gasteiger partial charge in [-0.05, 0) is 49.2 Å². The summed E-state index contributed by atoms with van der Waals surface area (Å²) in [4.78, 5) is 18.0. The smallest absolute Gasteiger partial charge is 0.321 e. The SMILES string of the molecule is O=C(Nc1ccc(F)cc1)N1CCCC(Oc2ccncc2)C1. The summed E-state index contributed by atoms with van der Waals surface area (Å²) in [5.41, 5.74) is 0.577. The van der Waals surface area contributed by atoms with Crippen LogP contribution in [0.25, 0.3) is 0 Å². The lowest BCUT2D eigenvalue weighted by atomic mass is 10.1. The van der Waals surface area contributed by atoms with Crippen molar-refractivity contribution in [1.29, 1.82) is 0 Å². The maximum atomic E-state index is 12.9. The Hall–Kier alpha value is -2.63. The average molecular weight is 315 g/mol. The van der Waals surface area contributed by atoms with Gasteiger partial charge in [0.25, 0.3) is 0 Å². The first-order valence-electron chi connectivity index (χ1n) is 7.59. The molecule has 2 heterocycles. The molecular formula is C17H18FN3O2. The lowest BCUT2D eigenvalue weighted by Gasteiger charge is -2.32. The van der Waals surface area contributed by atoms with Gasteiger partial charge in [-0.3, -0.25) is 4.98 Å². The highest BCUT2D eigenvalue weighted by molar-refractivity contribution is 5.89. The van der Waals surface area contributed by atoms with Crippen molar-refractivity contribution in [3.63, 3.8) is 0 Å². The van der Waals surface area contributed by atoms with Gasteiger partial charge in [0.15, 0.2) is 0 Å². The van der Waals surface area contributed by atoms with Crippen LogP contribution < -0.4 is 10.1 Å². The van der Waals surface area contributed by atoms with Gasteiger partial charge in [-0.2, -0.15) is 0 Å². The third-order valence-corrected chi connectivity index (χ3v) is 3.71. The van der Waals surface area contributed by atoms with E-state index in [1.54, 1.807) is 41.6 Å². The number of piperidine rings is 1. The second-order valence-corrected chi connectivity index (χ2v) is 5.45. The van der Waals surface area contributed by atoms with Crippen molar-refractivity contribution in [1.82, 2.24) is 9.88 Å². The maximum Gasteiger partial charge on any atom is 0.321 e. The van der Waals surface area contributed by atoms with Gasteiger partial charge in [0.2, 0.25) is 0 Å². The molecule has 120 valence electrons. The van der Waals surface area contributed by atoms with Crippen LogP contribution in [0.4, 0.5) is 14.9 Å². The number of carbonyl (C=O) groups excluding carboxylic acids is 1. The van der Waals surface area contributed by atoms with Gasteiger partial charge in [0.1, 0.15) is 17.7 Å². The number of hydrogen-bond acceptors (Lipinski definition) is 3. The molecule has 1 aliphatic heterocycles. The number of ether oxygens (including phenoxy) is 1. The number of rotatable bonds is 3. The minimum Gasteiger partial charge on any atom is -0.488 e. The molecule has 1 unspecified atom stereocenters. The number of hydrogen-bond donors (Lipinski definition) is 1. The number of halogens is 1. The topological polar surface area (TPSA) is 54.5 Å². The van der Waals surface area contributed by atoms with Crippen LogP contribution in [0.5, 0.6) is 5.75 Å². The van der Waals surface area contributed by atoms with E-state index in [9.17, 15) is 9.18 Å². The molecule has 0 radical (unpaired) electrons. The first-order valence-corrected chi connectivity index (χ1v) is 7.59. The number of likely N-dealkylation sites (tertiary alicyclic amines) is 1. The molecule has 23 heavy (non-hydrogen) atoms. The molecule has 1 aliphatic rings. The molecule has 0 aliphatic carbocycles. The third kappa shape index (κ3) is 4.18. The molecule has 1 saturated heterocycles. The van der Waals surface area contributed by atoms with Gasteiger partial charge < -0.3 is 15.0 Å². The van der Waals surface area contributed by atoms with Gasteiger partial charge >= 0.3 is 6.03 Å². The molecule has 5 nitrogen and oxygen atoms in total. The quantitative estimate of drug-likeness (QED) is 0.945. The van der Waals surface area contributed by atoms with Crippen molar-refractivity contribution >= 4 is 11.7 Å². The number of nitrogens with zero attached hydrogens (tertiary/aromatic N) is 2. The molecule has 0 bridgehead atoms. The summed E-state index contributed by atoms with van der Waals surface area (Å²) in [7, 11) is 0. The lowest BCUT2D eigenvalue weighted by molar-refractivity contribution is 0.106. The van der Waals surface area contributed by atoms with E-state index < -0.39 is 0 Å². The number of nitrogens with one attached hydrogen (secondary N) is 1. The standard InChI is InChI=1S/C17H18FN3O2/c18-13-3-5-14(6-4-13)20-17(22)21-11-1-2-16(12-21)23-15-7-9-19-10-8-15/h3-10,16H,1-2,11-12H2,(H,20,22). The largest absolute Gasteiger partial charge is 0.488 e. The minimum absolute atomic E-state index is 0.0369. The van der Waals surface area contributed by atoms with Crippen molar-refractivity contribution in [3.05, 3.63) is 54.6 Å². The van der Waals surface area contributed by atoms with Gasteiger partial charge in [0, 0.05) is 24.6 Å². The Morgan fingerprint density at radius 1 is 1.22 bits per heavy atom. The Bertz CT molecular complexity index is 649. The summed E-state index contributed by atoms with van der Waals surface area (Å²) in [6, 6.07) is 9.14. The number of carbonyl (C=O) groups is 1. The van der Waals surface area contributed by atoms with Gasteiger partial charge in [-0.25, -0.2) is 9.18 Å². The van der Waals surface area contributed by atoms with E-state index in [2.05, 4.69) is 10.3 Å². The predicted octanol–water partition coefficient (Wildman–Crippen LogP) is 3.30. The molecule has 2 aromatic rings. The molecule has 1 N–H and O–H groups in total. The second kappa shape index (κ2) is 7.09. The molecule has 1 fully saturated rings. The predicted molar refractivity (Wildman–Crippen MR) is 84.9 cm³/mol. The molecule has 6 heteroatoms. The molecule has 0 saturated carbocycles. The van der Waals surface area contributed by atoms with E-state index in [0.29, 0.717) is 18.8 Å². The highest BCUT2D eigenvalue weighted by Gasteiger charge is 2.25. The summed E-state index contributed by atoms with van der Waals surface area (Å²) < 4.78 is 18.8. The normalized spacial score (nSPS) is 17.6. The highest BCUT2D eigenvalue weighted by Crippen LogP contribution is 2.18. The van der Waals surface area contributed by atoms with Crippen LogP contribution in [0, 0.1) is 5.82 Å². The zero-order valence-corrected chi connectivity index (χ0v) is 12.6. The summed E-state index contributed by atoms with van der Waals surface area (Å²) in [6.45, 7) is 1.21. The number of anilines is 1. The Kier molecular flexibility index (Phi) is 4.71. The van der Waals surface area contributed by atoms with E-state index >= 15 is 0 Å². The molecule has 1 aromatic heterocycles. The number of benzene rings is 1. The molecule has 1 atom stereocenters. The Balaban J connectivity index is 1.57. The fourth-order valence-electron chi connectivity index (χ4n) is 2.56. The Labute approximate surface area is 134 Å². The Morgan fingerprint density at radius 3 is 2.70 bits per heavy atom. The van der Waals surface area contributed by atoms with Gasteiger partial charge in [-0.15, -0.1) is 0 Å². The summed E-state index contributed by atoms with van der Waals surface area (Å²) in [5, 5.41) is 2.78. The summed E-state index contributed by atoms with van der Waals surface area (Å²) in [5.74, 6) is 0.428. The molecule has 3 rings (SSSR count). The van der Waals surface area contributed by atoms with Gasteiger partial charge in [-0.1, -0.05) is 0 Å². The maximum absolute atomic E-state index is 12.9. The minimum atomic E-state index is -0.327. The third-order valence-electron chi connectivity index (χ3n) is 3.71. The number of pyridine rings is 1. The average Bonchev–Trinajstić information content (AvgIpc) is 2.58. The molecule has 0 spiro atoms. The molecule has 1 aromatic carbocycles. The molecular weight excluding hydrogens is 297 g/mol. The van der Waals surface area contributed by atoms with E-state index in [4.69, 9.17) is 4.74 Å². The second-order valence-electron chi connectivity index (χ2n) is 5.45. The van der Waals surface area contributed by atoms with E-state index in [1.165, 1.54) is 12.1 Å². The van der Waals surface area contributed by atoms with Crippen LogP contribution in [0.15, 0.2) is 48.8 Å². The Morgan fingerprint density at radius 2 is 1.96 bits per heavy atom. The molecule has 2 amide bonds. The summed E-state index contributed by atoms with van der Waals surface area (Å²) in [6.07, 6.45) is 5.11. The highest BCUT2D eigenvalue weighted by atomic mass is 19.1. The number of urea groups is 1. The van der Waals surface area contributed by atoms with E-state index in [-0.39, 0.29) is 18.0 Å². The van der Waals surface area contributed by atoms with Crippen molar-refractivity contribution in [2.24, 2.45) is 0 Å². The van der Waals surface area contributed by atoms with Gasteiger partial charge in [0.05, 0.1) is 6.54 Å². The van der Waals surface area contributed by atoms with Crippen LogP contribution in [-0.4, -0.2) is 35.1 Å². The zero-order chi connectivity index (χ0) is 16.1. The van der Waals surface area contributed by atoms with E-state index in [1.807, 2.05) is 0 Å². The fourth-order valence-corrected chi connectivity index (χ4v) is 2.56. The monoisotopic (exact) mass is 315 g/mol. The van der Waals surface area contributed by atoms with Crippen LogP contribution in [0.1, 0.15) is 12.8 Å². The van der Waals surface area contributed by atoms with E-state index in [0.717, 1.165) is 18.6 Å². The number of amides is 2. The van der Waals surface area contributed by atoms with Crippen molar-refractivity contribution in [2.75, 3.05) is 18.4 Å². The van der Waals surface area contributed by atoms with Crippen LogP contribution >= 0.6 is 0 Å². The first-order chi connectivity index (χ1) is 11.2. The van der Waals surface area contributed by atoms with Crippen molar-refractivity contribution in [3.8, 4) is 5.75 Å². The van der Waals surface area contributed by atoms with Crippen molar-refractivity contribution in [2.45, 2.75) is 18.9 Å². The first kappa shape index (κ1) is 15.3. The zero-order valence-electron chi connectivity index (χ0n) is 12.6. The van der Waals surface area contributed by atoms with Crippen LogP contribution in [0.3, 0.4) is 0 Å².